The van der Waals surface area contributed by atoms with E-state index in [-0.39, 0.29) is 45.4 Å². The van der Waals surface area contributed by atoms with Crippen LogP contribution in [0.2, 0.25) is 0 Å². The van der Waals surface area contributed by atoms with Gasteiger partial charge >= 0.3 is 5.97 Å². The third-order valence-corrected chi connectivity index (χ3v) is 9.36. The second kappa shape index (κ2) is 9.33. The summed E-state index contributed by atoms with van der Waals surface area (Å²) < 4.78 is 48.3. The fourth-order valence-electron chi connectivity index (χ4n) is 4.84. The second-order valence-corrected chi connectivity index (χ2v) is 12.8. The van der Waals surface area contributed by atoms with Crippen LogP contribution in [0, 0.1) is 16.6 Å². The van der Waals surface area contributed by atoms with Gasteiger partial charge in [0, 0.05) is 5.92 Å². The Morgan fingerprint density at radius 1 is 1.11 bits per heavy atom. The van der Waals surface area contributed by atoms with E-state index in [0.717, 1.165) is 11.6 Å². The summed E-state index contributed by atoms with van der Waals surface area (Å²) in [6, 6.07) is 8.91. The lowest BCUT2D eigenvalue weighted by molar-refractivity contribution is -0.138. The summed E-state index contributed by atoms with van der Waals surface area (Å²) in [5.41, 5.74) is 1.35. The van der Waals surface area contributed by atoms with Crippen LogP contribution in [0.15, 0.2) is 51.9 Å². The van der Waals surface area contributed by atoms with Crippen molar-refractivity contribution in [3.05, 3.63) is 65.3 Å². The lowest BCUT2D eigenvalue weighted by atomic mass is 10.0. The Hall–Kier alpha value is -3.11. The summed E-state index contributed by atoms with van der Waals surface area (Å²) in [6.07, 6.45) is -0.252. The number of hydrogen-bond donors (Lipinski definition) is 2. The minimum absolute atomic E-state index is 0.0190. The zero-order chi connectivity index (χ0) is 27.3. The van der Waals surface area contributed by atoms with Crippen molar-refractivity contribution in [1.82, 2.24) is 14.9 Å². The number of halogens is 1. The summed E-state index contributed by atoms with van der Waals surface area (Å²) in [5, 5.41) is 13.6. The number of carboxylic acids is 1. The minimum Gasteiger partial charge on any atom is -0.480 e. The summed E-state index contributed by atoms with van der Waals surface area (Å²) >= 11 is 0. The van der Waals surface area contributed by atoms with E-state index in [4.69, 9.17) is 4.52 Å². The third-order valence-electron chi connectivity index (χ3n) is 7.88. The van der Waals surface area contributed by atoms with Gasteiger partial charge in [0.1, 0.15) is 11.9 Å². The van der Waals surface area contributed by atoms with Gasteiger partial charge in [0.05, 0.1) is 10.5 Å². The molecular formula is C27H32FN3O5S. The van der Waals surface area contributed by atoms with Crippen LogP contribution in [-0.2, 0) is 21.2 Å². The van der Waals surface area contributed by atoms with Crippen molar-refractivity contribution in [2.24, 2.45) is 10.8 Å². The van der Waals surface area contributed by atoms with Crippen LogP contribution in [0.25, 0.3) is 11.4 Å². The number of sulfonamides is 1. The molecule has 3 aromatic rings. The molecule has 2 aromatic carbocycles. The van der Waals surface area contributed by atoms with Crippen molar-refractivity contribution in [2.75, 3.05) is 0 Å². The average Bonchev–Trinajstić information content (AvgIpc) is 3.09. The van der Waals surface area contributed by atoms with Gasteiger partial charge < -0.3 is 9.63 Å². The highest BCUT2D eigenvalue weighted by Gasteiger charge is 2.68. The summed E-state index contributed by atoms with van der Waals surface area (Å²) in [4.78, 5) is 16.2. The summed E-state index contributed by atoms with van der Waals surface area (Å²) in [6.45, 7) is 12.4. The molecule has 4 rings (SSSR count). The van der Waals surface area contributed by atoms with E-state index in [0.29, 0.717) is 11.5 Å². The van der Waals surface area contributed by atoms with Crippen LogP contribution < -0.4 is 4.72 Å². The van der Waals surface area contributed by atoms with Crippen LogP contribution in [0.1, 0.15) is 70.4 Å². The Morgan fingerprint density at radius 2 is 1.73 bits per heavy atom. The van der Waals surface area contributed by atoms with Crippen molar-refractivity contribution >= 4 is 16.0 Å². The molecule has 0 radical (unpaired) electrons. The molecule has 1 saturated carbocycles. The molecule has 37 heavy (non-hydrogen) atoms. The number of benzene rings is 2. The predicted molar refractivity (Wildman–Crippen MR) is 136 cm³/mol. The zero-order valence-electron chi connectivity index (χ0n) is 21.7. The van der Waals surface area contributed by atoms with E-state index < -0.39 is 27.9 Å². The smallest absolute Gasteiger partial charge is 0.322 e. The molecule has 10 heteroatoms. The molecule has 0 spiro atoms. The SMILES string of the molecule is CC(C)c1ccc(S(=O)(=O)NC(Cc2ccc(-c3noc(C4C(C)(C)C4(C)C)n3)c(F)c2)C(=O)O)cc1. The number of nitrogens with one attached hydrogen (secondary N) is 1. The first-order chi connectivity index (χ1) is 17.1. The molecule has 8 nitrogen and oxygen atoms in total. The predicted octanol–water partition coefficient (Wildman–Crippen LogP) is 5.12. The van der Waals surface area contributed by atoms with Crippen molar-refractivity contribution in [3.63, 3.8) is 0 Å². The highest BCUT2D eigenvalue weighted by molar-refractivity contribution is 7.89. The molecule has 2 N–H and O–H groups in total. The first-order valence-corrected chi connectivity index (χ1v) is 13.6. The van der Waals surface area contributed by atoms with Gasteiger partial charge in [-0.15, -0.1) is 0 Å². The Balaban J connectivity index is 1.50. The lowest BCUT2D eigenvalue weighted by Crippen LogP contribution is -2.42. The molecule has 1 heterocycles. The van der Waals surface area contributed by atoms with Gasteiger partial charge in [0.15, 0.2) is 0 Å². The standard InChI is InChI=1S/C27H32FN3O5S/c1-15(2)17-8-10-18(11-9-17)37(34,35)31-21(25(32)33)14-16-7-12-19(20(28)13-16)23-29-24(36-30-23)22-26(3,4)27(22,5)6/h7-13,15,21-22,31H,14H2,1-6H3,(H,32,33). The normalized spacial score (nSPS) is 17.6. The molecule has 0 aliphatic heterocycles. The van der Waals surface area contributed by atoms with E-state index in [1.807, 2.05) is 13.8 Å². The van der Waals surface area contributed by atoms with E-state index in [1.54, 1.807) is 12.1 Å². The van der Waals surface area contributed by atoms with Gasteiger partial charge in [0.25, 0.3) is 0 Å². The molecule has 1 aromatic heterocycles. The molecule has 0 amide bonds. The van der Waals surface area contributed by atoms with E-state index in [2.05, 4.69) is 42.6 Å². The topological polar surface area (TPSA) is 122 Å². The first kappa shape index (κ1) is 26.9. The fourth-order valence-corrected chi connectivity index (χ4v) is 6.03. The molecule has 1 aliphatic carbocycles. The Kier molecular flexibility index (Phi) is 6.79. The highest BCUT2D eigenvalue weighted by atomic mass is 32.2. The number of aromatic nitrogens is 2. The Morgan fingerprint density at radius 3 is 2.24 bits per heavy atom. The van der Waals surface area contributed by atoms with E-state index in [1.165, 1.54) is 24.3 Å². The van der Waals surface area contributed by atoms with Crippen molar-refractivity contribution in [3.8, 4) is 11.4 Å². The lowest BCUT2D eigenvalue weighted by Gasteiger charge is -2.16. The van der Waals surface area contributed by atoms with Gasteiger partial charge in [0.2, 0.25) is 21.7 Å². The quantitative estimate of drug-likeness (QED) is 0.394. The maximum absolute atomic E-state index is 15.0. The number of nitrogens with zero attached hydrogens (tertiary/aromatic N) is 2. The van der Waals surface area contributed by atoms with Crippen LogP contribution in [0.5, 0.6) is 0 Å². The monoisotopic (exact) mass is 529 g/mol. The Bertz CT molecular complexity index is 1410. The number of carbonyl (C=O) groups is 1. The fraction of sp³-hybridized carbons (Fsp3) is 0.444. The van der Waals surface area contributed by atoms with Gasteiger partial charge in [-0.3, -0.25) is 4.79 Å². The van der Waals surface area contributed by atoms with Crippen molar-refractivity contribution < 1.29 is 27.2 Å². The average molecular weight is 530 g/mol. The van der Waals surface area contributed by atoms with E-state index in [9.17, 15) is 18.3 Å². The van der Waals surface area contributed by atoms with Gasteiger partial charge in [-0.25, -0.2) is 12.8 Å². The van der Waals surface area contributed by atoms with Crippen LogP contribution in [0.4, 0.5) is 4.39 Å². The van der Waals surface area contributed by atoms with Gasteiger partial charge in [-0.2, -0.15) is 9.71 Å². The first-order valence-electron chi connectivity index (χ1n) is 12.1. The Labute approximate surface area is 216 Å². The summed E-state index contributed by atoms with van der Waals surface area (Å²) in [5.74, 6) is -1.18. The molecule has 198 valence electrons. The van der Waals surface area contributed by atoms with Crippen LogP contribution in [0.3, 0.4) is 0 Å². The number of rotatable bonds is 9. The van der Waals surface area contributed by atoms with Crippen LogP contribution >= 0.6 is 0 Å². The molecule has 1 aliphatic rings. The van der Waals surface area contributed by atoms with Crippen LogP contribution in [-0.4, -0.2) is 35.7 Å². The number of aliphatic carboxylic acids is 1. The molecule has 1 unspecified atom stereocenters. The number of hydrogen-bond acceptors (Lipinski definition) is 6. The highest BCUT2D eigenvalue weighted by Crippen LogP contribution is 2.73. The largest absolute Gasteiger partial charge is 0.480 e. The molecule has 1 fully saturated rings. The maximum atomic E-state index is 15.0. The number of carboxylic acid groups (broad SMARTS) is 1. The van der Waals surface area contributed by atoms with Crippen molar-refractivity contribution in [1.29, 1.82) is 0 Å². The van der Waals surface area contributed by atoms with Crippen molar-refractivity contribution in [2.45, 2.75) is 70.7 Å². The molecule has 1 atom stereocenters. The van der Waals surface area contributed by atoms with E-state index >= 15 is 4.39 Å². The zero-order valence-corrected chi connectivity index (χ0v) is 22.6. The third kappa shape index (κ3) is 5.04. The maximum Gasteiger partial charge on any atom is 0.322 e. The molecular weight excluding hydrogens is 497 g/mol. The molecule has 0 saturated heterocycles. The minimum atomic E-state index is -4.10. The second-order valence-electron chi connectivity index (χ2n) is 11.1. The summed E-state index contributed by atoms with van der Waals surface area (Å²) in [7, 11) is -4.10. The van der Waals surface area contributed by atoms with Gasteiger partial charge in [-0.05, 0) is 58.6 Å². The van der Waals surface area contributed by atoms with Gasteiger partial charge in [-0.1, -0.05) is 64.9 Å². The molecule has 0 bridgehead atoms.